The van der Waals surface area contributed by atoms with Crippen molar-refractivity contribution in [1.29, 1.82) is 0 Å². The molecule has 0 saturated heterocycles. The Balaban J connectivity index is 1.73. The summed E-state index contributed by atoms with van der Waals surface area (Å²) >= 11 is 3.49. The van der Waals surface area contributed by atoms with E-state index in [4.69, 9.17) is 9.47 Å². The molecule has 3 aromatic rings. The molecule has 2 amide bonds. The van der Waals surface area contributed by atoms with E-state index in [-0.39, 0.29) is 30.3 Å². The van der Waals surface area contributed by atoms with Crippen molar-refractivity contribution in [1.82, 2.24) is 10.2 Å². The first-order valence-corrected chi connectivity index (χ1v) is 16.9. The third kappa shape index (κ3) is 8.73. The number of anilines is 1. The van der Waals surface area contributed by atoms with Crippen LogP contribution < -0.4 is 19.1 Å². The van der Waals surface area contributed by atoms with Gasteiger partial charge >= 0.3 is 0 Å². The number of unbranched alkanes of at least 4 members (excludes halogenated alkanes) is 1. The third-order valence-electron chi connectivity index (χ3n) is 7.14. The van der Waals surface area contributed by atoms with E-state index in [1.165, 1.54) is 11.8 Å². The summed E-state index contributed by atoms with van der Waals surface area (Å²) in [6, 6.07) is 20.9. The van der Waals surface area contributed by atoms with E-state index in [1.807, 2.05) is 61.5 Å². The number of nitrogens with one attached hydrogen (secondary N) is 1. The highest BCUT2D eigenvalue weighted by atomic mass is 79.9. The number of hydrogen-bond donors (Lipinski definition) is 1. The van der Waals surface area contributed by atoms with Crippen LogP contribution in [0.5, 0.6) is 11.5 Å². The molecule has 0 fully saturated rings. The summed E-state index contributed by atoms with van der Waals surface area (Å²) in [5, 5.41) is 2.99. The van der Waals surface area contributed by atoms with E-state index in [0.717, 1.165) is 32.7 Å². The van der Waals surface area contributed by atoms with Crippen molar-refractivity contribution in [3.63, 3.8) is 0 Å². The second-order valence-corrected chi connectivity index (χ2v) is 13.3. The topological polar surface area (TPSA) is 105 Å². The molecule has 1 atom stereocenters. The van der Waals surface area contributed by atoms with E-state index in [0.29, 0.717) is 31.3 Å². The summed E-state index contributed by atoms with van der Waals surface area (Å²) in [6.07, 6.45) is 1.97. The molecule has 4 rings (SSSR count). The van der Waals surface area contributed by atoms with Crippen LogP contribution >= 0.6 is 15.9 Å². The van der Waals surface area contributed by atoms with E-state index in [2.05, 4.69) is 21.2 Å². The summed E-state index contributed by atoms with van der Waals surface area (Å²) in [5.74, 6) is -0.0806. The van der Waals surface area contributed by atoms with Gasteiger partial charge in [0.2, 0.25) is 21.8 Å². The number of halogens is 1. The van der Waals surface area contributed by atoms with Crippen LogP contribution in [0.4, 0.5) is 5.69 Å². The number of sulfonamides is 1. The molecule has 0 spiro atoms. The highest BCUT2D eigenvalue weighted by molar-refractivity contribution is 9.10. The van der Waals surface area contributed by atoms with Crippen molar-refractivity contribution in [2.45, 2.75) is 45.7 Å². The van der Waals surface area contributed by atoms with E-state index in [9.17, 15) is 18.0 Å². The molecule has 3 aromatic carbocycles. The highest BCUT2D eigenvalue weighted by Gasteiger charge is 2.34. The first kappa shape index (κ1) is 32.3. The molecule has 1 heterocycles. The Kier molecular flexibility index (Phi) is 11.5. The van der Waals surface area contributed by atoms with Gasteiger partial charge < -0.3 is 19.7 Å². The van der Waals surface area contributed by atoms with Crippen LogP contribution in [0.2, 0.25) is 0 Å². The zero-order chi connectivity index (χ0) is 30.8. The molecule has 11 heteroatoms. The Labute approximate surface area is 262 Å². The van der Waals surface area contributed by atoms with Crippen molar-refractivity contribution in [2.75, 3.05) is 36.4 Å². The second-order valence-electron chi connectivity index (χ2n) is 10.2. The molecule has 1 aliphatic rings. The fourth-order valence-corrected chi connectivity index (χ4v) is 6.30. The van der Waals surface area contributed by atoms with Gasteiger partial charge in [0, 0.05) is 30.0 Å². The van der Waals surface area contributed by atoms with Crippen LogP contribution in [0.1, 0.15) is 37.8 Å². The van der Waals surface area contributed by atoms with E-state index in [1.54, 1.807) is 18.2 Å². The van der Waals surface area contributed by atoms with Crippen LogP contribution in [0, 0.1) is 0 Å². The maximum absolute atomic E-state index is 14.3. The first-order valence-electron chi connectivity index (χ1n) is 14.5. The minimum Gasteiger partial charge on any atom is -0.486 e. The SMILES string of the molecule is CCCCNC(=O)[C@H](Cc1ccccc1)N(Cc1cccc(Br)c1)C(=O)CN(c1ccc2c(c1)OCCO2)S(=O)(=O)CC. The van der Waals surface area contributed by atoms with E-state index >= 15 is 0 Å². The van der Waals surface area contributed by atoms with Crippen molar-refractivity contribution >= 4 is 43.5 Å². The van der Waals surface area contributed by atoms with Crippen LogP contribution in [0.3, 0.4) is 0 Å². The molecule has 0 saturated carbocycles. The number of ether oxygens (including phenoxy) is 2. The first-order chi connectivity index (χ1) is 20.7. The molecule has 0 aromatic heterocycles. The molecular weight excluding hydrogens is 634 g/mol. The lowest BCUT2D eigenvalue weighted by atomic mass is 10.0. The van der Waals surface area contributed by atoms with Gasteiger partial charge in [0.05, 0.1) is 11.4 Å². The number of amides is 2. The molecule has 0 radical (unpaired) electrons. The van der Waals surface area contributed by atoms with Gasteiger partial charge in [-0.1, -0.05) is 71.7 Å². The Hall–Kier alpha value is -3.57. The smallest absolute Gasteiger partial charge is 0.244 e. The number of carbonyl (C=O) groups is 2. The molecule has 0 bridgehead atoms. The Morgan fingerprint density at radius 2 is 1.65 bits per heavy atom. The molecule has 9 nitrogen and oxygen atoms in total. The maximum atomic E-state index is 14.3. The van der Waals surface area contributed by atoms with Crippen LogP contribution in [0.15, 0.2) is 77.3 Å². The number of carbonyl (C=O) groups excluding carboxylic acids is 2. The standard InChI is InChI=1S/C32H38BrN3O6S/c1-3-5-16-34-32(38)28(20-24-10-7-6-8-11-24)35(22-25-12-9-13-26(33)19-25)31(37)23-36(43(39,40)4-2)27-14-15-29-30(21-27)42-18-17-41-29/h6-15,19,21,28H,3-5,16-18,20,22-23H2,1-2H3,(H,34,38)/t28-/m0/s1. The minimum atomic E-state index is -3.89. The Morgan fingerprint density at radius 1 is 0.930 bits per heavy atom. The van der Waals surface area contributed by atoms with Crippen molar-refractivity contribution in [3.05, 3.63) is 88.4 Å². The van der Waals surface area contributed by atoms with Gasteiger partial charge in [-0.25, -0.2) is 8.42 Å². The molecule has 43 heavy (non-hydrogen) atoms. The van der Waals surface area contributed by atoms with Gasteiger partial charge in [0.25, 0.3) is 0 Å². The molecule has 0 unspecified atom stereocenters. The lowest BCUT2D eigenvalue weighted by molar-refractivity contribution is -0.140. The number of nitrogens with zero attached hydrogens (tertiary/aromatic N) is 2. The predicted octanol–water partition coefficient (Wildman–Crippen LogP) is 4.93. The van der Waals surface area contributed by atoms with Gasteiger partial charge in [0.15, 0.2) is 11.5 Å². The van der Waals surface area contributed by atoms with Crippen LogP contribution in [-0.4, -0.2) is 63.2 Å². The molecule has 230 valence electrons. The van der Waals surface area contributed by atoms with Crippen LogP contribution in [0.25, 0.3) is 0 Å². The second kappa shape index (κ2) is 15.2. The average molecular weight is 673 g/mol. The van der Waals surface area contributed by atoms with Gasteiger partial charge in [-0.15, -0.1) is 0 Å². The zero-order valence-electron chi connectivity index (χ0n) is 24.5. The quantitative estimate of drug-likeness (QED) is 0.244. The average Bonchev–Trinajstić information content (AvgIpc) is 3.01. The van der Waals surface area contributed by atoms with Crippen molar-refractivity contribution in [2.24, 2.45) is 0 Å². The Morgan fingerprint density at radius 3 is 2.35 bits per heavy atom. The summed E-state index contributed by atoms with van der Waals surface area (Å²) in [4.78, 5) is 29.5. The monoisotopic (exact) mass is 671 g/mol. The zero-order valence-corrected chi connectivity index (χ0v) is 26.9. The summed E-state index contributed by atoms with van der Waals surface area (Å²) in [5.41, 5.74) is 1.97. The lowest BCUT2D eigenvalue weighted by Gasteiger charge is -2.34. The number of rotatable bonds is 14. The fourth-order valence-electron chi connectivity index (χ4n) is 4.80. The summed E-state index contributed by atoms with van der Waals surface area (Å²) in [7, 11) is -3.89. The fraction of sp³-hybridized carbons (Fsp3) is 0.375. The van der Waals surface area contributed by atoms with Crippen molar-refractivity contribution < 1.29 is 27.5 Å². The Bertz CT molecular complexity index is 1500. The van der Waals surface area contributed by atoms with Gasteiger partial charge in [-0.2, -0.15) is 0 Å². The van der Waals surface area contributed by atoms with Crippen molar-refractivity contribution in [3.8, 4) is 11.5 Å². The maximum Gasteiger partial charge on any atom is 0.244 e. The summed E-state index contributed by atoms with van der Waals surface area (Å²) < 4.78 is 40.0. The number of benzene rings is 3. The number of hydrogen-bond acceptors (Lipinski definition) is 6. The highest BCUT2D eigenvalue weighted by Crippen LogP contribution is 2.35. The lowest BCUT2D eigenvalue weighted by Crippen LogP contribution is -2.53. The normalized spacial score (nSPS) is 13.2. The molecule has 1 N–H and O–H groups in total. The predicted molar refractivity (Wildman–Crippen MR) is 171 cm³/mol. The summed E-state index contributed by atoms with van der Waals surface area (Å²) in [6.45, 7) is 4.41. The third-order valence-corrected chi connectivity index (χ3v) is 9.37. The van der Waals surface area contributed by atoms with Gasteiger partial charge in [0.1, 0.15) is 25.8 Å². The van der Waals surface area contributed by atoms with Gasteiger partial charge in [-0.3, -0.25) is 13.9 Å². The minimum absolute atomic E-state index is 0.109. The van der Waals surface area contributed by atoms with E-state index < -0.39 is 28.5 Å². The molecule has 1 aliphatic heterocycles. The largest absolute Gasteiger partial charge is 0.486 e. The van der Waals surface area contributed by atoms with Crippen LogP contribution in [-0.2, 0) is 32.6 Å². The van der Waals surface area contributed by atoms with Gasteiger partial charge in [-0.05, 0) is 48.7 Å². The number of fused-ring (bicyclic) bond motifs is 1. The molecular formula is C32H38BrN3O6S. The molecule has 0 aliphatic carbocycles.